The Morgan fingerprint density at radius 3 is 2.62 bits per heavy atom. The van der Waals surface area contributed by atoms with Crippen LogP contribution in [0.1, 0.15) is 26.3 Å². The summed E-state index contributed by atoms with van der Waals surface area (Å²) in [5.74, 6) is -0.314. The van der Waals surface area contributed by atoms with Crippen LogP contribution in [0.4, 0.5) is 5.69 Å². The number of aromatic nitrogens is 2. The number of fused-ring (bicyclic) bond motifs is 1. The molecule has 0 fully saturated rings. The van der Waals surface area contributed by atoms with Crippen LogP contribution in [0.15, 0.2) is 44.5 Å². The van der Waals surface area contributed by atoms with Crippen LogP contribution < -0.4 is 10.9 Å². The van der Waals surface area contributed by atoms with E-state index in [9.17, 15) is 18.0 Å². The summed E-state index contributed by atoms with van der Waals surface area (Å²) in [5, 5.41) is 5.04. The van der Waals surface area contributed by atoms with Gasteiger partial charge in [-0.1, -0.05) is 31.7 Å². The number of amides is 1. The summed E-state index contributed by atoms with van der Waals surface area (Å²) in [6.07, 6.45) is 0. The van der Waals surface area contributed by atoms with Gasteiger partial charge in [0, 0.05) is 25.8 Å². The Labute approximate surface area is 195 Å². The Kier molecular flexibility index (Phi) is 7.43. The third kappa shape index (κ3) is 4.75. The monoisotopic (exact) mass is 494 g/mol. The molecule has 3 rings (SSSR count). The second-order valence-corrected chi connectivity index (χ2v) is 11.3. The summed E-state index contributed by atoms with van der Waals surface area (Å²) in [6.45, 7) is 7.75. The standard InChI is InChI=1S/C21H26N4O4S3/c1-6-25(7-2)32(28,29)17-12-15(9-8-13(17)3)22-18(26)14(4)31-21-23-19-16(10-11-30-19)20(27)24(21)5/h8-12,14H,6-7H2,1-5H3,(H,22,26). The van der Waals surface area contributed by atoms with E-state index in [1.807, 2.05) is 5.38 Å². The van der Waals surface area contributed by atoms with E-state index in [4.69, 9.17) is 0 Å². The Bertz CT molecular complexity index is 1310. The van der Waals surface area contributed by atoms with Gasteiger partial charge in [-0.25, -0.2) is 13.4 Å². The molecule has 32 heavy (non-hydrogen) atoms. The lowest BCUT2D eigenvalue weighted by Crippen LogP contribution is -2.31. The molecule has 2 aromatic heterocycles. The van der Waals surface area contributed by atoms with Gasteiger partial charge in [0.25, 0.3) is 5.56 Å². The molecule has 3 aromatic rings. The highest BCUT2D eigenvalue weighted by molar-refractivity contribution is 8.00. The topological polar surface area (TPSA) is 101 Å². The molecule has 1 N–H and O–H groups in total. The summed E-state index contributed by atoms with van der Waals surface area (Å²) >= 11 is 2.55. The van der Waals surface area contributed by atoms with Gasteiger partial charge in [0.05, 0.1) is 15.5 Å². The average Bonchev–Trinajstić information content (AvgIpc) is 3.22. The van der Waals surface area contributed by atoms with Gasteiger partial charge in [0.2, 0.25) is 15.9 Å². The SMILES string of the molecule is CCN(CC)S(=O)(=O)c1cc(NC(=O)C(C)Sc2nc3sccc3c(=O)n2C)ccc1C. The molecule has 2 heterocycles. The molecular formula is C21H26N4O4S3. The summed E-state index contributed by atoms with van der Waals surface area (Å²) in [5.41, 5.74) is 0.853. The molecule has 172 valence electrons. The Balaban J connectivity index is 1.82. The van der Waals surface area contributed by atoms with Crippen molar-refractivity contribution < 1.29 is 13.2 Å². The fourth-order valence-corrected chi connectivity index (χ4v) is 6.59. The zero-order chi connectivity index (χ0) is 23.6. The number of thiophene rings is 1. The molecule has 0 aliphatic rings. The third-order valence-electron chi connectivity index (χ3n) is 5.09. The number of thioether (sulfide) groups is 1. The second kappa shape index (κ2) is 9.74. The summed E-state index contributed by atoms with van der Waals surface area (Å²) in [7, 11) is -2.03. The Hall–Kier alpha value is -2.21. The summed E-state index contributed by atoms with van der Waals surface area (Å²) in [4.78, 5) is 30.6. The van der Waals surface area contributed by atoms with Gasteiger partial charge in [0.1, 0.15) is 4.83 Å². The number of carbonyl (C=O) groups excluding carboxylic acids is 1. The first-order valence-electron chi connectivity index (χ1n) is 10.1. The predicted octanol–water partition coefficient (Wildman–Crippen LogP) is 3.45. The van der Waals surface area contributed by atoms with Gasteiger partial charge < -0.3 is 5.32 Å². The number of nitrogens with zero attached hydrogens (tertiary/aromatic N) is 3. The summed E-state index contributed by atoms with van der Waals surface area (Å²) < 4.78 is 28.7. The number of sulfonamides is 1. The van der Waals surface area contributed by atoms with Crippen LogP contribution in [0.3, 0.4) is 0 Å². The first kappa shape index (κ1) is 24.4. The summed E-state index contributed by atoms with van der Waals surface area (Å²) in [6, 6.07) is 6.59. The van der Waals surface area contributed by atoms with E-state index >= 15 is 0 Å². The van der Waals surface area contributed by atoms with Crippen LogP contribution in [0, 0.1) is 6.92 Å². The molecular weight excluding hydrogens is 468 g/mol. The van der Waals surface area contributed by atoms with Crippen molar-refractivity contribution in [3.05, 3.63) is 45.6 Å². The number of hydrogen-bond donors (Lipinski definition) is 1. The van der Waals surface area contributed by atoms with Crippen LogP contribution in [-0.4, -0.2) is 46.5 Å². The van der Waals surface area contributed by atoms with Crippen molar-refractivity contribution >= 4 is 54.9 Å². The number of nitrogens with one attached hydrogen (secondary N) is 1. The van der Waals surface area contributed by atoms with Crippen molar-refractivity contribution in [3.8, 4) is 0 Å². The maximum atomic E-state index is 13.0. The number of anilines is 1. The van der Waals surface area contributed by atoms with Crippen LogP contribution in [-0.2, 0) is 21.9 Å². The highest BCUT2D eigenvalue weighted by Gasteiger charge is 2.25. The van der Waals surface area contributed by atoms with Crippen molar-refractivity contribution in [2.24, 2.45) is 7.05 Å². The number of carbonyl (C=O) groups is 1. The van der Waals surface area contributed by atoms with Crippen molar-refractivity contribution in [3.63, 3.8) is 0 Å². The van der Waals surface area contributed by atoms with Crippen LogP contribution in [0.25, 0.3) is 10.2 Å². The highest BCUT2D eigenvalue weighted by atomic mass is 32.2. The first-order valence-corrected chi connectivity index (χ1v) is 13.3. The molecule has 0 spiro atoms. The van der Waals surface area contributed by atoms with Gasteiger partial charge in [-0.05, 0) is 43.0 Å². The molecule has 0 bridgehead atoms. The number of hydrogen-bond acceptors (Lipinski definition) is 7. The van der Waals surface area contributed by atoms with Crippen LogP contribution >= 0.6 is 23.1 Å². The molecule has 1 atom stereocenters. The van der Waals surface area contributed by atoms with Gasteiger partial charge >= 0.3 is 0 Å². The van der Waals surface area contributed by atoms with Crippen molar-refractivity contribution in [1.82, 2.24) is 13.9 Å². The molecule has 1 unspecified atom stereocenters. The molecule has 8 nitrogen and oxygen atoms in total. The fraction of sp³-hybridized carbons (Fsp3) is 0.381. The zero-order valence-corrected chi connectivity index (χ0v) is 21.0. The van der Waals surface area contributed by atoms with Crippen LogP contribution in [0.2, 0.25) is 0 Å². The van der Waals surface area contributed by atoms with Crippen molar-refractivity contribution in [1.29, 1.82) is 0 Å². The van der Waals surface area contributed by atoms with Crippen molar-refractivity contribution in [2.45, 2.75) is 43.0 Å². The third-order valence-corrected chi connectivity index (χ3v) is 9.24. The van der Waals surface area contributed by atoms with E-state index in [0.29, 0.717) is 39.7 Å². The lowest BCUT2D eigenvalue weighted by Gasteiger charge is -2.20. The minimum absolute atomic E-state index is 0.156. The van der Waals surface area contributed by atoms with E-state index in [0.717, 1.165) is 0 Å². The van der Waals surface area contributed by atoms with E-state index in [1.165, 1.54) is 38.0 Å². The van der Waals surface area contributed by atoms with Gasteiger partial charge in [-0.15, -0.1) is 11.3 Å². The molecule has 0 saturated carbocycles. The molecule has 1 aromatic carbocycles. The number of benzene rings is 1. The molecule has 1 amide bonds. The zero-order valence-electron chi connectivity index (χ0n) is 18.6. The average molecular weight is 495 g/mol. The van der Waals surface area contributed by atoms with Crippen LogP contribution in [0.5, 0.6) is 0 Å². The molecule has 0 aliphatic carbocycles. The second-order valence-electron chi connectivity index (χ2n) is 7.22. The van der Waals surface area contributed by atoms with E-state index in [-0.39, 0.29) is 16.4 Å². The van der Waals surface area contributed by atoms with Crippen molar-refractivity contribution in [2.75, 3.05) is 18.4 Å². The minimum atomic E-state index is -3.65. The van der Waals surface area contributed by atoms with E-state index in [2.05, 4.69) is 10.3 Å². The molecule has 0 saturated heterocycles. The molecule has 0 aliphatic heterocycles. The predicted molar refractivity (Wildman–Crippen MR) is 130 cm³/mol. The lowest BCUT2D eigenvalue weighted by molar-refractivity contribution is -0.115. The van der Waals surface area contributed by atoms with Gasteiger partial charge in [-0.3, -0.25) is 14.2 Å². The number of aryl methyl sites for hydroxylation is 1. The number of rotatable bonds is 8. The Morgan fingerprint density at radius 1 is 1.28 bits per heavy atom. The van der Waals surface area contributed by atoms with Gasteiger partial charge in [0.15, 0.2) is 5.16 Å². The lowest BCUT2D eigenvalue weighted by atomic mass is 10.2. The Morgan fingerprint density at radius 2 is 1.97 bits per heavy atom. The molecule has 0 radical (unpaired) electrons. The maximum Gasteiger partial charge on any atom is 0.262 e. The van der Waals surface area contributed by atoms with Gasteiger partial charge in [-0.2, -0.15) is 4.31 Å². The highest BCUT2D eigenvalue weighted by Crippen LogP contribution is 2.27. The normalized spacial score (nSPS) is 12.9. The fourth-order valence-electron chi connectivity index (χ4n) is 3.20. The quantitative estimate of drug-likeness (QED) is 0.380. The smallest absolute Gasteiger partial charge is 0.262 e. The van der Waals surface area contributed by atoms with E-state index < -0.39 is 15.3 Å². The first-order chi connectivity index (χ1) is 15.1. The molecule has 11 heteroatoms. The maximum absolute atomic E-state index is 13.0. The minimum Gasteiger partial charge on any atom is -0.325 e. The van der Waals surface area contributed by atoms with E-state index in [1.54, 1.807) is 52.9 Å². The largest absolute Gasteiger partial charge is 0.325 e.